The predicted molar refractivity (Wildman–Crippen MR) is 152 cm³/mol. The van der Waals surface area contributed by atoms with E-state index in [2.05, 4.69) is 79.5 Å². The highest BCUT2D eigenvalue weighted by Crippen LogP contribution is 2.54. The van der Waals surface area contributed by atoms with Gasteiger partial charge in [0.2, 0.25) is 0 Å². The molecule has 1 saturated carbocycles. The second-order valence-electron chi connectivity index (χ2n) is 10.4. The Balaban J connectivity index is 1.79. The molecule has 2 aromatic rings. The van der Waals surface area contributed by atoms with Gasteiger partial charge in [-0.3, -0.25) is 4.90 Å². The lowest BCUT2D eigenvalue weighted by molar-refractivity contribution is 0.0400. The molecule has 0 atom stereocenters. The summed E-state index contributed by atoms with van der Waals surface area (Å²) >= 11 is 4.16. The highest BCUT2D eigenvalue weighted by molar-refractivity contribution is 8.18. The van der Waals surface area contributed by atoms with Crippen LogP contribution < -0.4 is 18.9 Å². The van der Waals surface area contributed by atoms with Crippen molar-refractivity contribution in [2.24, 2.45) is 0 Å². The van der Waals surface area contributed by atoms with Crippen molar-refractivity contribution in [2.75, 3.05) is 46.5 Å². The maximum absolute atomic E-state index is 5.69. The summed E-state index contributed by atoms with van der Waals surface area (Å²) < 4.78 is 22.5. The Labute approximate surface area is 225 Å². The summed E-state index contributed by atoms with van der Waals surface area (Å²) in [7, 11) is 6.86. The van der Waals surface area contributed by atoms with Gasteiger partial charge in [-0.05, 0) is 86.9 Å². The first-order valence-corrected chi connectivity index (χ1v) is 14.7. The average molecular weight is 532 g/mol. The Bertz CT molecular complexity index is 1030. The second kappa shape index (κ2) is 11.0. The van der Waals surface area contributed by atoms with Gasteiger partial charge in [0.15, 0.2) is 11.5 Å². The molecule has 36 heavy (non-hydrogen) atoms. The fraction of sp³-hybridized carbons (Fsp3) is 0.586. The van der Waals surface area contributed by atoms with Gasteiger partial charge in [0.1, 0.15) is 15.7 Å². The Morgan fingerprint density at radius 3 is 1.92 bits per heavy atom. The van der Waals surface area contributed by atoms with E-state index in [4.69, 9.17) is 18.9 Å². The molecule has 5 nitrogen and oxygen atoms in total. The first-order valence-electron chi connectivity index (χ1n) is 12.7. The van der Waals surface area contributed by atoms with Crippen molar-refractivity contribution < 1.29 is 18.9 Å². The maximum Gasteiger partial charge on any atom is 0.161 e. The molecule has 0 bridgehead atoms. The third kappa shape index (κ3) is 5.16. The molecule has 2 fully saturated rings. The molecule has 0 aromatic heterocycles. The Kier molecular flexibility index (Phi) is 8.32. The van der Waals surface area contributed by atoms with Gasteiger partial charge >= 0.3 is 0 Å². The van der Waals surface area contributed by atoms with Crippen LogP contribution in [0.2, 0.25) is 0 Å². The van der Waals surface area contributed by atoms with Crippen LogP contribution in [-0.4, -0.2) is 55.6 Å². The van der Waals surface area contributed by atoms with Crippen LogP contribution in [0.25, 0.3) is 0 Å². The zero-order valence-electron chi connectivity index (χ0n) is 22.8. The normalized spacial score (nSPS) is 18.9. The van der Waals surface area contributed by atoms with E-state index in [1.165, 1.54) is 48.3 Å². The van der Waals surface area contributed by atoms with E-state index < -0.39 is 0 Å². The van der Waals surface area contributed by atoms with Crippen molar-refractivity contribution in [2.45, 2.75) is 61.6 Å². The maximum atomic E-state index is 5.69. The van der Waals surface area contributed by atoms with E-state index in [0.29, 0.717) is 0 Å². The number of methoxy groups -OCH3 is 4. The molecule has 0 spiro atoms. The predicted octanol–water partition coefficient (Wildman–Crippen LogP) is 6.92. The first kappa shape index (κ1) is 27.3. The fourth-order valence-corrected chi connectivity index (χ4v) is 8.80. The smallest absolute Gasteiger partial charge is 0.161 e. The van der Waals surface area contributed by atoms with Crippen LogP contribution in [-0.2, 0) is 11.0 Å². The summed E-state index contributed by atoms with van der Waals surface area (Å²) in [5.41, 5.74) is 2.35. The number of ether oxygens (including phenoxy) is 4. The van der Waals surface area contributed by atoms with E-state index in [0.717, 1.165) is 29.5 Å². The standard InChI is InChI=1S/C29H41NO4S2/c1-27(2,22-16-23(31-4)19-24(17-22)32-5)30(28(3)35-14-9-15-36-28)20-29(12-8-13-29)21-10-11-25(33-6)26(18-21)34-7/h10-11,16-19H,8-9,12-15,20H2,1-7H3. The molecular weight excluding hydrogens is 490 g/mol. The van der Waals surface area contributed by atoms with Crippen molar-refractivity contribution in [1.82, 2.24) is 4.90 Å². The number of hydrogen-bond acceptors (Lipinski definition) is 7. The van der Waals surface area contributed by atoms with Gasteiger partial charge in [0.25, 0.3) is 0 Å². The molecule has 2 aliphatic rings. The molecule has 0 radical (unpaired) electrons. The van der Waals surface area contributed by atoms with E-state index in [1.54, 1.807) is 28.4 Å². The van der Waals surface area contributed by atoms with Crippen LogP contribution in [0.3, 0.4) is 0 Å². The first-order chi connectivity index (χ1) is 17.2. The SMILES string of the molecule is COc1cc(OC)cc(C(C)(C)N(CC2(c3ccc(OC)c(OC)c3)CCC2)C2(C)SCCCS2)c1. The molecular formula is C29H41NO4S2. The average Bonchev–Trinajstić information content (AvgIpc) is 2.87. The Morgan fingerprint density at radius 2 is 1.42 bits per heavy atom. The van der Waals surface area contributed by atoms with Crippen LogP contribution in [0.15, 0.2) is 36.4 Å². The van der Waals surface area contributed by atoms with Crippen molar-refractivity contribution in [1.29, 1.82) is 0 Å². The third-order valence-electron chi connectivity index (χ3n) is 8.02. The molecule has 1 heterocycles. The quantitative estimate of drug-likeness (QED) is 0.329. The van der Waals surface area contributed by atoms with Gasteiger partial charge in [-0.1, -0.05) is 12.5 Å². The number of benzene rings is 2. The van der Waals surface area contributed by atoms with Crippen LogP contribution in [0.5, 0.6) is 23.0 Å². The van der Waals surface area contributed by atoms with Crippen molar-refractivity contribution in [3.63, 3.8) is 0 Å². The number of thioether (sulfide) groups is 2. The number of rotatable bonds is 10. The minimum absolute atomic E-state index is 0.0444. The third-order valence-corrected chi connectivity index (χ3v) is 11.2. The molecule has 7 heteroatoms. The largest absolute Gasteiger partial charge is 0.497 e. The molecule has 0 unspecified atom stereocenters. The summed E-state index contributed by atoms with van der Waals surface area (Å²) in [5.74, 6) is 5.59. The van der Waals surface area contributed by atoms with Gasteiger partial charge in [0, 0.05) is 23.6 Å². The van der Waals surface area contributed by atoms with E-state index in [1.807, 2.05) is 6.07 Å². The van der Waals surface area contributed by atoms with Gasteiger partial charge < -0.3 is 18.9 Å². The highest BCUT2D eigenvalue weighted by atomic mass is 32.2. The van der Waals surface area contributed by atoms with E-state index in [-0.39, 0.29) is 15.2 Å². The van der Waals surface area contributed by atoms with Crippen molar-refractivity contribution >= 4 is 23.5 Å². The Hall–Kier alpha value is -1.70. The molecule has 198 valence electrons. The zero-order chi connectivity index (χ0) is 26.0. The molecule has 1 aliphatic carbocycles. The highest BCUT2D eigenvalue weighted by Gasteiger charge is 2.50. The van der Waals surface area contributed by atoms with Crippen LogP contribution >= 0.6 is 23.5 Å². The van der Waals surface area contributed by atoms with Gasteiger partial charge in [-0.15, -0.1) is 23.5 Å². The molecule has 0 amide bonds. The molecule has 1 saturated heterocycles. The topological polar surface area (TPSA) is 40.2 Å². The molecule has 1 aliphatic heterocycles. The lowest BCUT2D eigenvalue weighted by Gasteiger charge is -2.56. The second-order valence-corrected chi connectivity index (χ2v) is 13.6. The lowest BCUT2D eigenvalue weighted by atomic mass is 9.63. The minimum Gasteiger partial charge on any atom is -0.497 e. The summed E-state index contributed by atoms with van der Waals surface area (Å²) in [4.78, 5) is 2.75. The van der Waals surface area contributed by atoms with Gasteiger partial charge in [0.05, 0.1) is 28.4 Å². The van der Waals surface area contributed by atoms with Crippen molar-refractivity contribution in [3.05, 3.63) is 47.5 Å². The minimum atomic E-state index is -0.257. The molecule has 2 aromatic carbocycles. The van der Waals surface area contributed by atoms with Gasteiger partial charge in [-0.25, -0.2) is 0 Å². The number of nitrogens with zero attached hydrogens (tertiary/aromatic N) is 1. The van der Waals surface area contributed by atoms with E-state index in [9.17, 15) is 0 Å². The summed E-state index contributed by atoms with van der Waals surface area (Å²) in [6, 6.07) is 12.8. The van der Waals surface area contributed by atoms with Crippen LogP contribution in [0.1, 0.15) is 57.6 Å². The lowest BCUT2D eigenvalue weighted by Crippen LogP contribution is -2.59. The van der Waals surface area contributed by atoms with Gasteiger partial charge in [-0.2, -0.15) is 0 Å². The summed E-state index contributed by atoms with van der Waals surface area (Å²) in [6.07, 6.45) is 4.84. The monoisotopic (exact) mass is 531 g/mol. The fourth-order valence-electron chi connectivity index (χ4n) is 5.56. The molecule has 4 rings (SSSR count). The molecule has 0 N–H and O–H groups in total. The Morgan fingerprint density at radius 1 is 0.806 bits per heavy atom. The van der Waals surface area contributed by atoms with Crippen LogP contribution in [0.4, 0.5) is 0 Å². The summed E-state index contributed by atoms with van der Waals surface area (Å²) in [6.45, 7) is 8.08. The van der Waals surface area contributed by atoms with E-state index >= 15 is 0 Å². The zero-order valence-corrected chi connectivity index (χ0v) is 24.4. The number of hydrogen-bond donors (Lipinski definition) is 0. The van der Waals surface area contributed by atoms with Crippen LogP contribution in [0, 0.1) is 0 Å². The van der Waals surface area contributed by atoms with Crippen molar-refractivity contribution in [3.8, 4) is 23.0 Å². The summed E-state index contributed by atoms with van der Waals surface area (Å²) in [5, 5.41) is 0.